The van der Waals surface area contributed by atoms with Gasteiger partial charge in [-0.3, -0.25) is 0 Å². The predicted octanol–water partition coefficient (Wildman–Crippen LogP) is -3.85. The number of aliphatic hydroxyl groups excluding tert-OH is 1. The van der Waals surface area contributed by atoms with Crippen LogP contribution >= 0.6 is 0 Å². The second kappa shape index (κ2) is 16.0. The van der Waals surface area contributed by atoms with Gasteiger partial charge in [0.25, 0.3) is 0 Å². The van der Waals surface area contributed by atoms with E-state index in [0.717, 1.165) is 0 Å². The van der Waals surface area contributed by atoms with Gasteiger partial charge in [-0.05, 0) is 13.3 Å². The molecule has 0 aliphatic heterocycles. The van der Waals surface area contributed by atoms with Gasteiger partial charge in [-0.2, -0.15) is 0 Å². The average Bonchev–Trinajstić information content (AvgIpc) is 1.69. The van der Waals surface area contributed by atoms with E-state index in [1.54, 1.807) is 6.92 Å². The third-order valence-electron chi connectivity index (χ3n) is 0.289. The molecular weight excluding hydrogens is 147 g/mol. The summed E-state index contributed by atoms with van der Waals surface area (Å²) >= 11 is 0. The predicted molar refractivity (Wildman–Crippen MR) is 28.1 cm³/mol. The van der Waals surface area contributed by atoms with E-state index in [2.05, 4.69) is 0 Å². The molecule has 0 aliphatic carbocycles. The van der Waals surface area contributed by atoms with Crippen LogP contribution in [0.3, 0.4) is 0 Å². The SMILES string of the molecule is CCC(=O)[O-].CCO.[K+]. The van der Waals surface area contributed by atoms with Crippen molar-refractivity contribution in [2.45, 2.75) is 20.3 Å². The van der Waals surface area contributed by atoms with Gasteiger partial charge in [-0.1, -0.05) is 6.92 Å². The van der Waals surface area contributed by atoms with E-state index >= 15 is 0 Å². The summed E-state index contributed by atoms with van der Waals surface area (Å²) in [5.74, 6) is -0.995. The summed E-state index contributed by atoms with van der Waals surface area (Å²) in [6.07, 6.45) is 0.111. The second-order valence-electron chi connectivity index (χ2n) is 1.04. The largest absolute Gasteiger partial charge is 1.00 e. The van der Waals surface area contributed by atoms with Gasteiger partial charge < -0.3 is 15.0 Å². The van der Waals surface area contributed by atoms with E-state index in [1.807, 2.05) is 0 Å². The first-order valence-electron chi connectivity index (χ1n) is 2.49. The van der Waals surface area contributed by atoms with E-state index in [4.69, 9.17) is 5.11 Å². The molecule has 0 aromatic carbocycles. The van der Waals surface area contributed by atoms with Crippen molar-refractivity contribution in [3.8, 4) is 0 Å². The van der Waals surface area contributed by atoms with Crippen LogP contribution in [0.4, 0.5) is 0 Å². The second-order valence-corrected chi connectivity index (χ2v) is 1.04. The Labute approximate surface area is 97.9 Å². The maximum Gasteiger partial charge on any atom is 1.00 e. The molecular formula is C5H11KO3. The van der Waals surface area contributed by atoms with Gasteiger partial charge in [0, 0.05) is 12.6 Å². The fraction of sp³-hybridized carbons (Fsp3) is 0.800. The molecule has 0 bridgehead atoms. The first-order chi connectivity index (χ1) is 3.68. The molecule has 0 atom stereocenters. The zero-order chi connectivity index (χ0) is 6.99. The molecule has 4 heteroatoms. The topological polar surface area (TPSA) is 60.4 Å². The van der Waals surface area contributed by atoms with Crippen LogP contribution in [0.25, 0.3) is 0 Å². The molecule has 0 saturated heterocycles. The molecule has 0 heterocycles. The van der Waals surface area contributed by atoms with Crippen molar-refractivity contribution in [1.29, 1.82) is 0 Å². The van der Waals surface area contributed by atoms with Crippen LogP contribution in [-0.4, -0.2) is 17.7 Å². The Morgan fingerprint density at radius 2 is 1.67 bits per heavy atom. The molecule has 0 amide bonds. The molecule has 0 spiro atoms. The number of carbonyl (C=O) groups excluding carboxylic acids is 1. The van der Waals surface area contributed by atoms with Crippen LogP contribution in [0.1, 0.15) is 20.3 Å². The molecule has 0 saturated carbocycles. The molecule has 3 nitrogen and oxygen atoms in total. The minimum atomic E-state index is -0.995. The molecule has 50 valence electrons. The Bertz CT molecular complexity index is 56.2. The third-order valence-corrected chi connectivity index (χ3v) is 0.289. The Balaban J connectivity index is -0.0000000800. The van der Waals surface area contributed by atoms with E-state index in [0.29, 0.717) is 0 Å². The third kappa shape index (κ3) is 48.1. The fourth-order valence-corrected chi connectivity index (χ4v) is 0. The first-order valence-corrected chi connectivity index (χ1v) is 2.49. The van der Waals surface area contributed by atoms with Crippen LogP contribution in [0.2, 0.25) is 0 Å². The normalized spacial score (nSPS) is 6.11. The van der Waals surface area contributed by atoms with Crippen molar-refractivity contribution in [3.05, 3.63) is 0 Å². The van der Waals surface area contributed by atoms with Gasteiger partial charge in [-0.15, -0.1) is 0 Å². The van der Waals surface area contributed by atoms with Gasteiger partial charge in [0.05, 0.1) is 0 Å². The molecule has 0 aromatic rings. The zero-order valence-electron chi connectivity index (χ0n) is 6.18. The summed E-state index contributed by atoms with van der Waals surface area (Å²) < 4.78 is 0. The molecule has 0 aromatic heterocycles. The number of carbonyl (C=O) groups is 1. The Morgan fingerprint density at radius 1 is 1.56 bits per heavy atom. The number of rotatable bonds is 1. The maximum absolute atomic E-state index is 9.26. The van der Waals surface area contributed by atoms with Gasteiger partial charge in [-0.25, -0.2) is 0 Å². The van der Waals surface area contributed by atoms with E-state index in [-0.39, 0.29) is 64.4 Å². The summed E-state index contributed by atoms with van der Waals surface area (Å²) in [5.41, 5.74) is 0. The Kier molecular flexibility index (Phi) is 29.5. The monoisotopic (exact) mass is 158 g/mol. The summed E-state index contributed by atoms with van der Waals surface area (Å²) in [5, 5.41) is 16.8. The van der Waals surface area contributed by atoms with Gasteiger partial charge in [0.1, 0.15) is 0 Å². The number of aliphatic hydroxyl groups is 1. The average molecular weight is 158 g/mol. The van der Waals surface area contributed by atoms with Crippen molar-refractivity contribution in [2.24, 2.45) is 0 Å². The minimum Gasteiger partial charge on any atom is -0.550 e. The Morgan fingerprint density at radius 3 is 1.67 bits per heavy atom. The fourth-order valence-electron chi connectivity index (χ4n) is 0. The van der Waals surface area contributed by atoms with Crippen molar-refractivity contribution in [1.82, 2.24) is 0 Å². The minimum absolute atomic E-state index is 0. The Hall–Kier alpha value is 1.07. The van der Waals surface area contributed by atoms with Crippen molar-refractivity contribution in [2.75, 3.05) is 6.61 Å². The first kappa shape index (κ1) is 16.6. The number of carboxylic acids is 1. The number of carboxylic acid groups (broad SMARTS) is 1. The summed E-state index contributed by atoms with van der Waals surface area (Å²) in [6, 6.07) is 0. The molecule has 0 rings (SSSR count). The van der Waals surface area contributed by atoms with Crippen LogP contribution in [-0.2, 0) is 4.79 Å². The van der Waals surface area contributed by atoms with Crippen molar-refractivity contribution in [3.63, 3.8) is 0 Å². The van der Waals surface area contributed by atoms with Gasteiger partial charge in [0.2, 0.25) is 0 Å². The molecule has 0 radical (unpaired) electrons. The molecule has 0 aliphatic rings. The van der Waals surface area contributed by atoms with Gasteiger partial charge in [0.15, 0.2) is 0 Å². The zero-order valence-corrected chi connectivity index (χ0v) is 9.30. The molecule has 1 N–H and O–H groups in total. The van der Waals surface area contributed by atoms with Crippen LogP contribution in [0, 0.1) is 0 Å². The number of aliphatic carboxylic acids is 1. The van der Waals surface area contributed by atoms with E-state index < -0.39 is 5.97 Å². The standard InChI is InChI=1S/C3H6O2.C2H6O.K/c1-2-3(4)5;1-2-3;/h2H2,1H3,(H,4,5);3H,2H2,1H3;/q;;+1/p-1. The number of hydrogen-bond donors (Lipinski definition) is 1. The van der Waals surface area contributed by atoms with Crippen LogP contribution in [0.15, 0.2) is 0 Å². The smallest absolute Gasteiger partial charge is 0.550 e. The summed E-state index contributed by atoms with van der Waals surface area (Å²) in [7, 11) is 0. The van der Waals surface area contributed by atoms with E-state index in [9.17, 15) is 9.90 Å². The van der Waals surface area contributed by atoms with Crippen molar-refractivity contribution >= 4 is 5.97 Å². The van der Waals surface area contributed by atoms with Crippen LogP contribution < -0.4 is 56.5 Å². The summed E-state index contributed by atoms with van der Waals surface area (Å²) in [6.45, 7) is 3.47. The van der Waals surface area contributed by atoms with E-state index in [1.165, 1.54) is 6.92 Å². The summed E-state index contributed by atoms with van der Waals surface area (Å²) in [4.78, 5) is 9.26. The van der Waals surface area contributed by atoms with Crippen LogP contribution in [0.5, 0.6) is 0 Å². The van der Waals surface area contributed by atoms with Gasteiger partial charge >= 0.3 is 51.4 Å². The quantitative estimate of drug-likeness (QED) is 0.397. The molecule has 9 heavy (non-hydrogen) atoms. The molecule has 0 fully saturated rings. The molecule has 0 unspecified atom stereocenters. The van der Waals surface area contributed by atoms with Crippen molar-refractivity contribution < 1.29 is 66.4 Å². The maximum atomic E-state index is 9.26. The number of hydrogen-bond acceptors (Lipinski definition) is 3.